The number of hydrogen-bond donors (Lipinski definition) is 1. The SMILES string of the molecule is COC(=O)[C@H](c1ccc(F)cc1Cl)[C@@H]1C=C[C@H](NC(=O)c2ccc(F)c(C(F)(F)F)c2)C1. The van der Waals surface area contributed by atoms with E-state index >= 15 is 0 Å². The van der Waals surface area contributed by atoms with Gasteiger partial charge in [0.25, 0.3) is 5.91 Å². The molecule has 1 aliphatic rings. The van der Waals surface area contributed by atoms with Crippen molar-refractivity contribution in [3.8, 4) is 0 Å². The van der Waals surface area contributed by atoms with Gasteiger partial charge in [0.2, 0.25) is 0 Å². The number of alkyl halides is 3. The summed E-state index contributed by atoms with van der Waals surface area (Å²) in [6.45, 7) is 0. The molecule has 0 saturated carbocycles. The van der Waals surface area contributed by atoms with Crippen LogP contribution < -0.4 is 5.32 Å². The van der Waals surface area contributed by atoms with Gasteiger partial charge in [0.1, 0.15) is 11.6 Å². The number of hydrogen-bond acceptors (Lipinski definition) is 3. The summed E-state index contributed by atoms with van der Waals surface area (Å²) in [6, 6.07) is 4.95. The fraction of sp³-hybridized carbons (Fsp3) is 0.273. The summed E-state index contributed by atoms with van der Waals surface area (Å²) in [5.74, 6) is -4.86. The van der Waals surface area contributed by atoms with Crippen molar-refractivity contribution in [3.63, 3.8) is 0 Å². The number of amides is 1. The molecule has 10 heteroatoms. The van der Waals surface area contributed by atoms with Gasteiger partial charge in [-0.3, -0.25) is 9.59 Å². The van der Waals surface area contributed by atoms with E-state index in [-0.39, 0.29) is 17.0 Å². The fourth-order valence-electron chi connectivity index (χ4n) is 3.63. The molecule has 2 aromatic carbocycles. The molecular weight excluding hydrogens is 457 g/mol. The molecule has 1 aliphatic carbocycles. The number of rotatable bonds is 5. The second kappa shape index (κ2) is 9.28. The average molecular weight is 474 g/mol. The first-order chi connectivity index (χ1) is 15.0. The minimum atomic E-state index is -4.94. The van der Waals surface area contributed by atoms with Gasteiger partial charge in [0, 0.05) is 16.6 Å². The molecule has 170 valence electrons. The van der Waals surface area contributed by atoms with Gasteiger partial charge in [-0.15, -0.1) is 0 Å². The number of halogens is 6. The highest BCUT2D eigenvalue weighted by Gasteiger charge is 2.37. The highest BCUT2D eigenvalue weighted by atomic mass is 35.5. The number of esters is 1. The fourth-order valence-corrected chi connectivity index (χ4v) is 3.91. The van der Waals surface area contributed by atoms with E-state index in [0.717, 1.165) is 18.2 Å². The van der Waals surface area contributed by atoms with Crippen LogP contribution in [0.5, 0.6) is 0 Å². The zero-order valence-corrected chi connectivity index (χ0v) is 17.3. The van der Waals surface area contributed by atoms with Crippen molar-refractivity contribution in [3.05, 3.63) is 81.9 Å². The van der Waals surface area contributed by atoms with E-state index in [1.807, 2.05) is 0 Å². The van der Waals surface area contributed by atoms with Gasteiger partial charge in [-0.2, -0.15) is 13.2 Å². The Kier molecular flexibility index (Phi) is 6.88. The molecule has 0 aliphatic heterocycles. The third kappa shape index (κ3) is 5.09. The number of benzene rings is 2. The van der Waals surface area contributed by atoms with Crippen molar-refractivity contribution >= 4 is 23.5 Å². The lowest BCUT2D eigenvalue weighted by Gasteiger charge is -2.23. The number of allylic oxidation sites excluding steroid dienone is 1. The molecule has 0 fully saturated rings. The largest absolute Gasteiger partial charge is 0.469 e. The lowest BCUT2D eigenvalue weighted by molar-refractivity contribution is -0.143. The number of carbonyl (C=O) groups is 2. The van der Waals surface area contributed by atoms with Crippen LogP contribution in [0.2, 0.25) is 5.02 Å². The first-order valence-corrected chi connectivity index (χ1v) is 9.77. The van der Waals surface area contributed by atoms with Gasteiger partial charge in [-0.05, 0) is 48.2 Å². The molecule has 3 rings (SSSR count). The summed E-state index contributed by atoms with van der Waals surface area (Å²) < 4.78 is 70.4. The van der Waals surface area contributed by atoms with Crippen molar-refractivity contribution in [1.82, 2.24) is 5.32 Å². The van der Waals surface area contributed by atoms with Crippen LogP contribution >= 0.6 is 11.6 Å². The van der Waals surface area contributed by atoms with Crippen LogP contribution in [0.3, 0.4) is 0 Å². The van der Waals surface area contributed by atoms with Crippen LogP contribution in [-0.2, 0) is 15.7 Å². The van der Waals surface area contributed by atoms with Gasteiger partial charge < -0.3 is 10.1 Å². The summed E-state index contributed by atoms with van der Waals surface area (Å²) in [4.78, 5) is 24.8. The van der Waals surface area contributed by atoms with Crippen LogP contribution in [0, 0.1) is 17.6 Å². The van der Waals surface area contributed by atoms with E-state index in [2.05, 4.69) is 5.32 Å². The third-order valence-electron chi connectivity index (χ3n) is 5.15. The molecule has 0 radical (unpaired) electrons. The van der Waals surface area contributed by atoms with E-state index in [1.165, 1.54) is 13.2 Å². The molecular formula is C22H17ClF5NO3. The summed E-state index contributed by atoms with van der Waals surface area (Å²) >= 11 is 6.10. The summed E-state index contributed by atoms with van der Waals surface area (Å²) in [7, 11) is 1.19. The normalized spacial score (nSPS) is 19.0. The third-order valence-corrected chi connectivity index (χ3v) is 5.48. The topological polar surface area (TPSA) is 55.4 Å². The van der Waals surface area contributed by atoms with Crippen molar-refractivity contribution in [2.24, 2.45) is 5.92 Å². The van der Waals surface area contributed by atoms with E-state index in [4.69, 9.17) is 16.3 Å². The molecule has 4 nitrogen and oxygen atoms in total. The number of carbonyl (C=O) groups excluding carboxylic acids is 2. The lowest BCUT2D eigenvalue weighted by Crippen LogP contribution is -2.34. The Bertz CT molecular complexity index is 1070. The molecule has 0 bridgehead atoms. The summed E-state index contributed by atoms with van der Waals surface area (Å²) in [5.41, 5.74) is -1.56. The monoisotopic (exact) mass is 473 g/mol. The smallest absolute Gasteiger partial charge is 0.419 e. The van der Waals surface area contributed by atoms with Crippen molar-refractivity contribution < 1.29 is 36.3 Å². The first-order valence-electron chi connectivity index (χ1n) is 9.40. The zero-order chi connectivity index (χ0) is 23.6. The standard InChI is InChI=1S/C22H17ClF5NO3/c1-32-21(31)19(15-6-4-13(24)10-17(15)23)11-2-5-14(8-11)29-20(30)12-3-7-18(25)16(9-12)22(26,27)28/h2-7,9-11,14,19H,8H2,1H3,(H,29,30)/t11-,14+,19+/m1/s1. The maximum atomic E-state index is 13.5. The van der Waals surface area contributed by atoms with Crippen LogP contribution in [0.25, 0.3) is 0 Å². The minimum Gasteiger partial charge on any atom is -0.469 e. The Morgan fingerprint density at radius 1 is 1.12 bits per heavy atom. The molecule has 32 heavy (non-hydrogen) atoms. The predicted octanol–water partition coefficient (Wildman–Crippen LogP) is 5.27. The van der Waals surface area contributed by atoms with Crippen molar-refractivity contribution in [1.29, 1.82) is 0 Å². The summed E-state index contributed by atoms with van der Waals surface area (Å²) in [5, 5.41) is 2.58. The number of ether oxygens (including phenoxy) is 1. The van der Waals surface area contributed by atoms with Gasteiger partial charge >= 0.3 is 12.1 Å². The minimum absolute atomic E-state index is 0.0345. The first kappa shape index (κ1) is 23.7. The molecule has 3 atom stereocenters. The second-order valence-corrected chi connectivity index (χ2v) is 7.63. The Hall–Kier alpha value is -2.94. The Labute approximate surface area is 185 Å². The molecule has 2 aromatic rings. The molecule has 0 aromatic heterocycles. The van der Waals surface area contributed by atoms with E-state index in [1.54, 1.807) is 12.2 Å². The zero-order valence-electron chi connectivity index (χ0n) is 16.6. The van der Waals surface area contributed by atoms with E-state index < -0.39 is 53.1 Å². The Morgan fingerprint density at radius 3 is 2.47 bits per heavy atom. The Morgan fingerprint density at radius 2 is 1.84 bits per heavy atom. The van der Waals surface area contributed by atoms with Crippen LogP contribution in [0.15, 0.2) is 48.6 Å². The van der Waals surface area contributed by atoms with Crippen molar-refractivity contribution in [2.45, 2.75) is 24.6 Å². The van der Waals surface area contributed by atoms with Crippen LogP contribution in [-0.4, -0.2) is 25.0 Å². The average Bonchev–Trinajstić information content (AvgIpc) is 3.16. The molecule has 0 unspecified atom stereocenters. The predicted molar refractivity (Wildman–Crippen MR) is 106 cm³/mol. The van der Waals surface area contributed by atoms with Gasteiger partial charge in [-0.25, -0.2) is 8.78 Å². The van der Waals surface area contributed by atoms with Gasteiger partial charge in [0.15, 0.2) is 0 Å². The molecule has 0 spiro atoms. The van der Waals surface area contributed by atoms with Crippen molar-refractivity contribution in [2.75, 3.05) is 7.11 Å². The van der Waals surface area contributed by atoms with Crippen LogP contribution in [0.1, 0.15) is 33.8 Å². The molecule has 1 amide bonds. The highest BCUT2D eigenvalue weighted by Crippen LogP contribution is 2.38. The summed E-state index contributed by atoms with van der Waals surface area (Å²) in [6.07, 6.45) is -1.49. The quantitative estimate of drug-likeness (QED) is 0.366. The molecule has 0 heterocycles. The maximum absolute atomic E-state index is 13.5. The van der Waals surface area contributed by atoms with E-state index in [9.17, 15) is 31.5 Å². The number of nitrogens with one attached hydrogen (secondary N) is 1. The molecule has 1 N–H and O–H groups in total. The van der Waals surface area contributed by atoms with E-state index in [0.29, 0.717) is 17.7 Å². The highest BCUT2D eigenvalue weighted by molar-refractivity contribution is 6.31. The van der Waals surface area contributed by atoms with Crippen LogP contribution in [0.4, 0.5) is 22.0 Å². The second-order valence-electron chi connectivity index (χ2n) is 7.22. The number of methoxy groups -OCH3 is 1. The Balaban J connectivity index is 1.76. The maximum Gasteiger partial charge on any atom is 0.419 e. The van der Waals surface area contributed by atoms with Gasteiger partial charge in [0.05, 0.1) is 18.6 Å². The van der Waals surface area contributed by atoms with Gasteiger partial charge in [-0.1, -0.05) is 29.8 Å². The molecule has 0 saturated heterocycles. The lowest BCUT2D eigenvalue weighted by atomic mass is 9.85.